The number of carboxylic acid groups (broad SMARTS) is 1. The standard InChI is InChI=1S/C20H24N2O3/c1-2-3-4-5-13-25-19-8-6-7-16(14-19)15-21-22-18-11-9-17(10-12-18)20(23)24/h6-12,14-15,22H,2-5,13H2,1H3,(H,23,24)/b21-15+. The minimum absolute atomic E-state index is 0.248. The molecule has 25 heavy (non-hydrogen) atoms. The fourth-order valence-corrected chi connectivity index (χ4v) is 2.27. The normalized spacial score (nSPS) is 10.8. The molecule has 0 heterocycles. The van der Waals surface area contributed by atoms with E-state index in [4.69, 9.17) is 9.84 Å². The van der Waals surface area contributed by atoms with Crippen molar-refractivity contribution >= 4 is 17.9 Å². The molecule has 2 aromatic carbocycles. The third kappa shape index (κ3) is 6.67. The summed E-state index contributed by atoms with van der Waals surface area (Å²) in [6, 6.07) is 14.2. The molecule has 2 aromatic rings. The van der Waals surface area contributed by atoms with E-state index in [2.05, 4.69) is 17.5 Å². The van der Waals surface area contributed by atoms with Gasteiger partial charge in [-0.1, -0.05) is 38.3 Å². The molecule has 0 radical (unpaired) electrons. The van der Waals surface area contributed by atoms with E-state index in [0.29, 0.717) is 0 Å². The van der Waals surface area contributed by atoms with Crippen molar-refractivity contribution in [3.05, 3.63) is 59.7 Å². The predicted molar refractivity (Wildman–Crippen MR) is 101 cm³/mol. The quantitative estimate of drug-likeness (QED) is 0.370. The van der Waals surface area contributed by atoms with E-state index >= 15 is 0 Å². The minimum atomic E-state index is -0.943. The maximum Gasteiger partial charge on any atom is 0.335 e. The molecule has 0 aliphatic rings. The Labute approximate surface area is 148 Å². The highest BCUT2D eigenvalue weighted by Gasteiger charge is 2.00. The highest BCUT2D eigenvalue weighted by Crippen LogP contribution is 2.14. The Bertz CT molecular complexity index is 696. The van der Waals surface area contributed by atoms with Gasteiger partial charge in [-0.15, -0.1) is 0 Å². The Morgan fingerprint density at radius 3 is 2.68 bits per heavy atom. The van der Waals surface area contributed by atoms with Crippen LogP contribution in [0.1, 0.15) is 48.5 Å². The molecule has 0 atom stereocenters. The molecular formula is C20H24N2O3. The van der Waals surface area contributed by atoms with Crippen LogP contribution in [0.5, 0.6) is 5.75 Å². The molecule has 0 aliphatic carbocycles. The first-order valence-corrected chi connectivity index (χ1v) is 8.54. The number of nitrogens with zero attached hydrogens (tertiary/aromatic N) is 1. The third-order valence-corrected chi connectivity index (χ3v) is 3.66. The van der Waals surface area contributed by atoms with Crippen LogP contribution in [-0.4, -0.2) is 23.9 Å². The molecule has 0 aromatic heterocycles. The van der Waals surface area contributed by atoms with E-state index in [1.807, 2.05) is 24.3 Å². The van der Waals surface area contributed by atoms with Gasteiger partial charge in [0, 0.05) is 0 Å². The fourth-order valence-electron chi connectivity index (χ4n) is 2.27. The summed E-state index contributed by atoms with van der Waals surface area (Å²) in [5.41, 5.74) is 4.79. The predicted octanol–water partition coefficient (Wildman–Crippen LogP) is 4.79. The Morgan fingerprint density at radius 2 is 1.96 bits per heavy atom. The molecule has 0 bridgehead atoms. The van der Waals surface area contributed by atoms with Crippen LogP contribution >= 0.6 is 0 Å². The average Bonchev–Trinajstić information content (AvgIpc) is 2.62. The van der Waals surface area contributed by atoms with Crippen molar-refractivity contribution in [2.45, 2.75) is 32.6 Å². The molecule has 0 spiro atoms. The SMILES string of the molecule is CCCCCCOc1cccc(/C=N/Nc2ccc(C(=O)O)cc2)c1. The largest absolute Gasteiger partial charge is 0.494 e. The fraction of sp³-hybridized carbons (Fsp3) is 0.300. The number of hydrazone groups is 1. The number of hydrogen-bond donors (Lipinski definition) is 2. The van der Waals surface area contributed by atoms with Gasteiger partial charge in [0.15, 0.2) is 0 Å². The number of ether oxygens (including phenoxy) is 1. The summed E-state index contributed by atoms with van der Waals surface area (Å²) < 4.78 is 5.76. The summed E-state index contributed by atoms with van der Waals surface area (Å²) >= 11 is 0. The van der Waals surface area contributed by atoms with Crippen molar-refractivity contribution in [2.24, 2.45) is 5.10 Å². The maximum absolute atomic E-state index is 10.8. The number of hydrogen-bond acceptors (Lipinski definition) is 4. The van der Waals surface area contributed by atoms with Gasteiger partial charge < -0.3 is 9.84 Å². The molecule has 132 valence electrons. The topological polar surface area (TPSA) is 70.9 Å². The van der Waals surface area contributed by atoms with Crippen LogP contribution in [0.2, 0.25) is 0 Å². The van der Waals surface area contributed by atoms with Gasteiger partial charge in [-0.25, -0.2) is 4.79 Å². The van der Waals surface area contributed by atoms with E-state index in [1.165, 1.54) is 31.4 Å². The summed E-state index contributed by atoms with van der Waals surface area (Å²) in [5, 5.41) is 13.0. The van der Waals surface area contributed by atoms with Gasteiger partial charge in [0.05, 0.1) is 24.1 Å². The zero-order valence-electron chi connectivity index (χ0n) is 14.4. The van der Waals surface area contributed by atoms with E-state index < -0.39 is 5.97 Å². The van der Waals surface area contributed by atoms with Gasteiger partial charge in [0.2, 0.25) is 0 Å². The lowest BCUT2D eigenvalue weighted by Crippen LogP contribution is -1.98. The Kier molecular flexibility index (Phi) is 7.50. The van der Waals surface area contributed by atoms with Crippen molar-refractivity contribution in [1.29, 1.82) is 0 Å². The van der Waals surface area contributed by atoms with Crippen LogP contribution in [-0.2, 0) is 0 Å². The molecule has 5 nitrogen and oxygen atoms in total. The summed E-state index contributed by atoms with van der Waals surface area (Å²) in [5.74, 6) is -0.104. The van der Waals surface area contributed by atoms with Gasteiger partial charge in [-0.05, 0) is 48.4 Å². The first kappa shape index (κ1) is 18.5. The van der Waals surface area contributed by atoms with Gasteiger partial charge >= 0.3 is 5.97 Å². The lowest BCUT2D eigenvalue weighted by atomic mass is 10.2. The Hall–Kier alpha value is -2.82. The van der Waals surface area contributed by atoms with Crippen molar-refractivity contribution in [3.63, 3.8) is 0 Å². The van der Waals surface area contributed by atoms with Crippen molar-refractivity contribution < 1.29 is 14.6 Å². The third-order valence-electron chi connectivity index (χ3n) is 3.66. The average molecular weight is 340 g/mol. The minimum Gasteiger partial charge on any atom is -0.494 e. The summed E-state index contributed by atoms with van der Waals surface area (Å²) in [7, 11) is 0. The monoisotopic (exact) mass is 340 g/mol. The van der Waals surface area contributed by atoms with Crippen molar-refractivity contribution in [1.82, 2.24) is 0 Å². The second-order valence-electron chi connectivity index (χ2n) is 5.73. The van der Waals surface area contributed by atoms with Crippen LogP contribution in [0.15, 0.2) is 53.6 Å². The first-order valence-electron chi connectivity index (χ1n) is 8.54. The van der Waals surface area contributed by atoms with Gasteiger partial charge in [-0.2, -0.15) is 5.10 Å². The molecule has 0 saturated heterocycles. The summed E-state index contributed by atoms with van der Waals surface area (Å²) in [4.78, 5) is 10.8. The summed E-state index contributed by atoms with van der Waals surface area (Å²) in [6.45, 7) is 2.92. The zero-order valence-corrected chi connectivity index (χ0v) is 14.4. The molecule has 0 unspecified atom stereocenters. The lowest BCUT2D eigenvalue weighted by Gasteiger charge is -2.06. The Morgan fingerprint density at radius 1 is 1.16 bits per heavy atom. The highest BCUT2D eigenvalue weighted by atomic mass is 16.5. The number of aromatic carboxylic acids is 1. The van der Waals surface area contributed by atoms with Crippen molar-refractivity contribution in [3.8, 4) is 5.75 Å². The number of anilines is 1. The second kappa shape index (κ2) is 10.1. The maximum atomic E-state index is 10.8. The molecule has 0 aliphatic heterocycles. The number of benzene rings is 2. The Balaban J connectivity index is 1.84. The molecule has 2 rings (SSSR count). The molecule has 5 heteroatoms. The number of nitrogens with one attached hydrogen (secondary N) is 1. The number of carboxylic acids is 1. The molecule has 0 amide bonds. The van der Waals surface area contributed by atoms with Crippen LogP contribution in [0, 0.1) is 0 Å². The number of carbonyl (C=O) groups is 1. The van der Waals surface area contributed by atoms with E-state index in [-0.39, 0.29) is 5.56 Å². The van der Waals surface area contributed by atoms with Crippen LogP contribution in [0.25, 0.3) is 0 Å². The summed E-state index contributed by atoms with van der Waals surface area (Å²) in [6.07, 6.45) is 6.44. The van der Waals surface area contributed by atoms with Crippen molar-refractivity contribution in [2.75, 3.05) is 12.0 Å². The van der Waals surface area contributed by atoms with Crippen LogP contribution < -0.4 is 10.2 Å². The molecular weight excluding hydrogens is 316 g/mol. The zero-order chi connectivity index (χ0) is 17.9. The van der Waals surface area contributed by atoms with Gasteiger partial charge in [-0.3, -0.25) is 5.43 Å². The van der Waals surface area contributed by atoms with E-state index in [9.17, 15) is 4.79 Å². The van der Waals surface area contributed by atoms with Crippen LogP contribution in [0.4, 0.5) is 5.69 Å². The highest BCUT2D eigenvalue weighted by molar-refractivity contribution is 5.88. The molecule has 2 N–H and O–H groups in total. The van der Waals surface area contributed by atoms with Crippen LogP contribution in [0.3, 0.4) is 0 Å². The van der Waals surface area contributed by atoms with E-state index in [1.54, 1.807) is 18.3 Å². The molecule has 0 saturated carbocycles. The first-order chi connectivity index (χ1) is 12.2. The van der Waals surface area contributed by atoms with Gasteiger partial charge in [0.25, 0.3) is 0 Å². The molecule has 0 fully saturated rings. The number of unbranched alkanes of at least 4 members (excludes halogenated alkanes) is 3. The number of rotatable bonds is 10. The van der Waals surface area contributed by atoms with Gasteiger partial charge in [0.1, 0.15) is 5.75 Å². The lowest BCUT2D eigenvalue weighted by molar-refractivity contribution is 0.0697. The smallest absolute Gasteiger partial charge is 0.335 e. The second-order valence-corrected chi connectivity index (χ2v) is 5.73. The van der Waals surface area contributed by atoms with E-state index in [0.717, 1.165) is 30.0 Å².